The summed E-state index contributed by atoms with van der Waals surface area (Å²) in [5, 5.41) is 4.02. The lowest BCUT2D eigenvalue weighted by Gasteiger charge is -2.08. The van der Waals surface area contributed by atoms with Gasteiger partial charge in [0.25, 0.3) is 5.22 Å². The van der Waals surface area contributed by atoms with Crippen molar-refractivity contribution in [2.45, 2.75) is 18.6 Å². The summed E-state index contributed by atoms with van der Waals surface area (Å²) in [6.45, 7) is 2.06. The molecule has 1 amide bonds. The van der Waals surface area contributed by atoms with E-state index in [1.54, 1.807) is 12.3 Å². The SMILES string of the molecule is CCc1ccccc1NC(=O)CSc1ncc(-c2cccc(Cl)c2)o1. The number of halogens is 1. The van der Waals surface area contributed by atoms with Crippen molar-refractivity contribution in [3.8, 4) is 11.3 Å². The molecule has 1 heterocycles. The summed E-state index contributed by atoms with van der Waals surface area (Å²) < 4.78 is 5.68. The zero-order valence-corrected chi connectivity index (χ0v) is 15.2. The maximum Gasteiger partial charge on any atom is 0.256 e. The summed E-state index contributed by atoms with van der Waals surface area (Å²) in [6, 6.07) is 15.2. The Bertz CT molecular complexity index is 879. The molecule has 1 aromatic heterocycles. The van der Waals surface area contributed by atoms with E-state index in [2.05, 4.69) is 17.2 Å². The van der Waals surface area contributed by atoms with E-state index in [1.165, 1.54) is 11.8 Å². The number of aryl methyl sites for hydroxylation is 1. The Balaban J connectivity index is 1.59. The molecule has 2 aromatic carbocycles. The minimum absolute atomic E-state index is 0.0894. The van der Waals surface area contributed by atoms with Crippen LogP contribution in [0.3, 0.4) is 0 Å². The van der Waals surface area contributed by atoms with Gasteiger partial charge in [0.1, 0.15) is 0 Å². The number of carbonyl (C=O) groups excluding carboxylic acids is 1. The van der Waals surface area contributed by atoms with Crippen LogP contribution in [0.15, 0.2) is 64.4 Å². The maximum atomic E-state index is 12.2. The molecule has 6 heteroatoms. The number of amides is 1. The number of rotatable bonds is 6. The predicted molar refractivity (Wildman–Crippen MR) is 102 cm³/mol. The average Bonchev–Trinajstić information content (AvgIpc) is 3.09. The van der Waals surface area contributed by atoms with Gasteiger partial charge in [-0.15, -0.1) is 0 Å². The van der Waals surface area contributed by atoms with E-state index >= 15 is 0 Å². The summed E-state index contributed by atoms with van der Waals surface area (Å²) in [6.07, 6.45) is 2.50. The highest BCUT2D eigenvalue weighted by atomic mass is 35.5. The second kappa shape index (κ2) is 8.23. The topological polar surface area (TPSA) is 55.1 Å². The van der Waals surface area contributed by atoms with Gasteiger partial charge in [-0.1, -0.05) is 60.6 Å². The fraction of sp³-hybridized carbons (Fsp3) is 0.158. The number of anilines is 1. The number of hydrogen-bond acceptors (Lipinski definition) is 4. The first-order valence-corrected chi connectivity index (χ1v) is 9.24. The number of carbonyl (C=O) groups is 1. The molecule has 25 heavy (non-hydrogen) atoms. The summed E-state index contributed by atoms with van der Waals surface area (Å²) in [5.74, 6) is 0.767. The van der Waals surface area contributed by atoms with Crippen molar-refractivity contribution in [2.75, 3.05) is 11.1 Å². The van der Waals surface area contributed by atoms with Gasteiger partial charge in [-0.2, -0.15) is 0 Å². The molecule has 0 unspecified atom stereocenters. The van der Waals surface area contributed by atoms with Crippen LogP contribution in [0.2, 0.25) is 5.02 Å². The number of thioether (sulfide) groups is 1. The van der Waals surface area contributed by atoms with E-state index in [4.69, 9.17) is 16.0 Å². The average molecular weight is 373 g/mol. The third-order valence-electron chi connectivity index (χ3n) is 3.59. The zero-order valence-electron chi connectivity index (χ0n) is 13.7. The molecule has 0 aliphatic rings. The van der Waals surface area contributed by atoms with Crippen LogP contribution >= 0.6 is 23.4 Å². The van der Waals surface area contributed by atoms with E-state index in [1.807, 2.05) is 42.5 Å². The van der Waals surface area contributed by atoms with Gasteiger partial charge in [-0.25, -0.2) is 4.98 Å². The van der Waals surface area contributed by atoms with Crippen molar-refractivity contribution in [2.24, 2.45) is 0 Å². The Labute approximate surface area is 155 Å². The second-order valence-electron chi connectivity index (χ2n) is 5.35. The van der Waals surface area contributed by atoms with Gasteiger partial charge in [-0.3, -0.25) is 4.79 Å². The minimum atomic E-state index is -0.0894. The Morgan fingerprint density at radius 3 is 2.88 bits per heavy atom. The molecule has 0 aliphatic carbocycles. The van der Waals surface area contributed by atoms with Crippen LogP contribution in [0.4, 0.5) is 5.69 Å². The maximum absolute atomic E-state index is 12.2. The molecular formula is C19H17ClN2O2S. The number of aromatic nitrogens is 1. The number of hydrogen-bond donors (Lipinski definition) is 1. The minimum Gasteiger partial charge on any atom is -0.431 e. The van der Waals surface area contributed by atoms with E-state index in [9.17, 15) is 4.79 Å². The molecular weight excluding hydrogens is 356 g/mol. The van der Waals surface area contributed by atoms with Gasteiger partial charge < -0.3 is 9.73 Å². The molecule has 3 rings (SSSR count). The quantitative estimate of drug-likeness (QED) is 0.597. The van der Waals surface area contributed by atoms with Crippen molar-refractivity contribution in [1.29, 1.82) is 0 Å². The van der Waals surface area contributed by atoms with Crippen LogP contribution in [-0.4, -0.2) is 16.6 Å². The standard InChI is InChI=1S/C19H17ClN2O2S/c1-2-13-6-3-4-9-16(13)22-18(23)12-25-19-21-11-17(24-19)14-7-5-8-15(20)10-14/h3-11H,2,12H2,1H3,(H,22,23). The first kappa shape index (κ1) is 17.6. The first-order valence-electron chi connectivity index (χ1n) is 7.88. The van der Waals surface area contributed by atoms with Crippen LogP contribution in [0.5, 0.6) is 0 Å². The van der Waals surface area contributed by atoms with E-state index in [0.717, 1.165) is 23.2 Å². The molecule has 0 saturated heterocycles. The third-order valence-corrected chi connectivity index (χ3v) is 4.67. The monoisotopic (exact) mass is 372 g/mol. The fourth-order valence-corrected chi connectivity index (χ4v) is 3.16. The summed E-state index contributed by atoms with van der Waals surface area (Å²) >= 11 is 7.24. The number of para-hydroxylation sites is 1. The smallest absolute Gasteiger partial charge is 0.256 e. The lowest BCUT2D eigenvalue weighted by atomic mass is 10.1. The molecule has 0 bridgehead atoms. The molecule has 0 radical (unpaired) electrons. The van der Waals surface area contributed by atoms with Crippen LogP contribution in [0.25, 0.3) is 11.3 Å². The molecule has 0 spiro atoms. The van der Waals surface area contributed by atoms with Crippen molar-refractivity contribution in [3.63, 3.8) is 0 Å². The molecule has 3 aromatic rings. The summed E-state index contributed by atoms with van der Waals surface area (Å²) in [4.78, 5) is 16.4. The van der Waals surface area contributed by atoms with Gasteiger partial charge in [0.15, 0.2) is 5.76 Å². The lowest BCUT2D eigenvalue weighted by molar-refractivity contribution is -0.113. The third kappa shape index (κ3) is 4.65. The summed E-state index contributed by atoms with van der Waals surface area (Å²) in [5.41, 5.74) is 2.82. The van der Waals surface area contributed by atoms with Gasteiger partial charge in [0.05, 0.1) is 11.9 Å². The van der Waals surface area contributed by atoms with Gasteiger partial charge in [0.2, 0.25) is 5.91 Å². The molecule has 0 fully saturated rings. The second-order valence-corrected chi connectivity index (χ2v) is 6.71. The molecule has 0 saturated carbocycles. The van der Waals surface area contributed by atoms with Crippen LogP contribution in [-0.2, 0) is 11.2 Å². The largest absolute Gasteiger partial charge is 0.431 e. The van der Waals surface area contributed by atoms with Gasteiger partial charge in [0, 0.05) is 16.3 Å². The van der Waals surface area contributed by atoms with Crippen molar-refractivity contribution in [3.05, 3.63) is 65.3 Å². The number of nitrogens with zero attached hydrogens (tertiary/aromatic N) is 1. The normalized spacial score (nSPS) is 10.6. The number of benzene rings is 2. The lowest BCUT2D eigenvalue weighted by Crippen LogP contribution is -2.15. The van der Waals surface area contributed by atoms with Gasteiger partial charge in [-0.05, 0) is 30.2 Å². The molecule has 0 atom stereocenters. The molecule has 4 nitrogen and oxygen atoms in total. The number of oxazole rings is 1. The fourth-order valence-electron chi connectivity index (χ4n) is 2.36. The van der Waals surface area contributed by atoms with Gasteiger partial charge >= 0.3 is 0 Å². The van der Waals surface area contributed by atoms with Crippen molar-refractivity contribution >= 4 is 35.0 Å². The van der Waals surface area contributed by atoms with Crippen LogP contribution in [0.1, 0.15) is 12.5 Å². The van der Waals surface area contributed by atoms with Crippen LogP contribution in [0, 0.1) is 0 Å². The van der Waals surface area contributed by atoms with E-state index in [0.29, 0.717) is 16.0 Å². The molecule has 128 valence electrons. The Morgan fingerprint density at radius 1 is 1.24 bits per heavy atom. The Hall–Kier alpha value is -2.24. The Morgan fingerprint density at radius 2 is 2.08 bits per heavy atom. The van der Waals surface area contributed by atoms with E-state index < -0.39 is 0 Å². The van der Waals surface area contributed by atoms with Crippen LogP contribution < -0.4 is 5.32 Å². The van der Waals surface area contributed by atoms with Crippen molar-refractivity contribution in [1.82, 2.24) is 4.98 Å². The van der Waals surface area contributed by atoms with Crippen molar-refractivity contribution < 1.29 is 9.21 Å². The number of nitrogens with one attached hydrogen (secondary N) is 1. The molecule has 1 N–H and O–H groups in total. The zero-order chi connectivity index (χ0) is 17.6. The molecule has 0 aliphatic heterocycles. The predicted octanol–water partition coefficient (Wildman–Crippen LogP) is 5.29. The first-order chi connectivity index (χ1) is 12.2. The summed E-state index contributed by atoms with van der Waals surface area (Å²) in [7, 11) is 0. The Kier molecular flexibility index (Phi) is 5.79. The highest BCUT2D eigenvalue weighted by Crippen LogP contribution is 2.27. The highest BCUT2D eigenvalue weighted by molar-refractivity contribution is 7.99. The highest BCUT2D eigenvalue weighted by Gasteiger charge is 2.11. The van der Waals surface area contributed by atoms with E-state index in [-0.39, 0.29) is 11.7 Å².